The van der Waals surface area contributed by atoms with Crippen LogP contribution in [0.4, 0.5) is 0 Å². The number of nitrogens with two attached hydrogens (primary N) is 1. The average molecular weight is 305 g/mol. The Hall–Kier alpha value is -1.79. The molecule has 0 aliphatic carbocycles. The van der Waals surface area contributed by atoms with Crippen LogP contribution in [-0.4, -0.2) is 31.4 Å². The van der Waals surface area contributed by atoms with Crippen LogP contribution in [-0.2, 0) is 10.5 Å². The minimum Gasteiger partial charge on any atom is -0.480 e. The molecule has 0 amide bonds. The molecule has 5 nitrogen and oxygen atoms in total. The summed E-state index contributed by atoms with van der Waals surface area (Å²) in [5.41, 5.74) is 7.89. The number of carbonyl (C=O) groups is 1. The molecule has 0 saturated carbocycles. The van der Waals surface area contributed by atoms with Gasteiger partial charge in [0.1, 0.15) is 6.04 Å². The third kappa shape index (κ3) is 3.86. The van der Waals surface area contributed by atoms with Gasteiger partial charge in [0.2, 0.25) is 0 Å². The largest absolute Gasteiger partial charge is 0.480 e. The molecule has 0 aliphatic rings. The second-order valence-corrected chi connectivity index (χ2v) is 6.97. The molecular weight excluding hydrogens is 286 g/mol. The van der Waals surface area contributed by atoms with Crippen molar-refractivity contribution in [2.24, 2.45) is 5.73 Å². The molecule has 3 N–H and O–H groups in total. The van der Waals surface area contributed by atoms with Gasteiger partial charge in [-0.15, -0.1) is 11.8 Å². The van der Waals surface area contributed by atoms with Gasteiger partial charge in [-0.3, -0.25) is 4.79 Å². The van der Waals surface area contributed by atoms with Gasteiger partial charge >= 0.3 is 5.97 Å². The first-order chi connectivity index (χ1) is 9.90. The second-order valence-electron chi connectivity index (χ2n) is 5.34. The second kappa shape index (κ2) is 6.32. The predicted molar refractivity (Wildman–Crippen MR) is 84.5 cm³/mol. The molecular formula is C15H19N3O2S. The van der Waals surface area contributed by atoms with Crippen molar-refractivity contribution in [1.82, 2.24) is 9.55 Å². The highest BCUT2D eigenvalue weighted by atomic mass is 32.2. The zero-order valence-electron chi connectivity index (χ0n) is 12.1. The fourth-order valence-electron chi connectivity index (χ4n) is 1.83. The first-order valence-corrected chi connectivity index (χ1v) is 7.58. The quantitative estimate of drug-likeness (QED) is 0.856. The third-order valence-electron chi connectivity index (χ3n) is 3.36. The lowest BCUT2D eigenvalue weighted by molar-refractivity contribution is -0.139. The molecule has 21 heavy (non-hydrogen) atoms. The summed E-state index contributed by atoms with van der Waals surface area (Å²) in [7, 11) is 0. The molecule has 1 heterocycles. The van der Waals surface area contributed by atoms with Gasteiger partial charge in [-0.2, -0.15) is 0 Å². The van der Waals surface area contributed by atoms with E-state index < -0.39 is 16.8 Å². The zero-order valence-corrected chi connectivity index (χ0v) is 12.9. The lowest BCUT2D eigenvalue weighted by Crippen LogP contribution is -2.46. The number of thioether (sulfide) groups is 1. The molecule has 1 atom stereocenters. The molecule has 2 rings (SSSR count). The topological polar surface area (TPSA) is 81.1 Å². The van der Waals surface area contributed by atoms with Crippen LogP contribution in [0.5, 0.6) is 0 Å². The highest BCUT2D eigenvalue weighted by Gasteiger charge is 2.32. The fraction of sp³-hybridized carbons (Fsp3) is 0.333. The highest BCUT2D eigenvalue weighted by molar-refractivity contribution is 7.99. The van der Waals surface area contributed by atoms with Crippen LogP contribution in [0.2, 0.25) is 0 Å². The van der Waals surface area contributed by atoms with Gasteiger partial charge in [-0.25, -0.2) is 4.98 Å². The Balaban J connectivity index is 1.99. The number of benzene rings is 1. The lowest BCUT2D eigenvalue weighted by atomic mass is 10.1. The number of carboxylic acid groups (broad SMARTS) is 1. The lowest BCUT2D eigenvalue weighted by Gasteiger charge is -2.28. The molecule has 6 heteroatoms. The van der Waals surface area contributed by atoms with Gasteiger partial charge in [0.25, 0.3) is 0 Å². The molecule has 1 aromatic heterocycles. The van der Waals surface area contributed by atoms with Crippen LogP contribution in [0, 0.1) is 0 Å². The summed E-state index contributed by atoms with van der Waals surface area (Å²) in [6.45, 7) is 3.71. The van der Waals surface area contributed by atoms with E-state index in [9.17, 15) is 4.79 Å². The van der Waals surface area contributed by atoms with Crippen molar-refractivity contribution < 1.29 is 9.90 Å². The minimum atomic E-state index is -0.969. The van der Waals surface area contributed by atoms with E-state index in [1.165, 1.54) is 0 Å². The number of imidazole rings is 1. The maximum Gasteiger partial charge on any atom is 0.321 e. The van der Waals surface area contributed by atoms with Crippen LogP contribution in [0.1, 0.15) is 19.4 Å². The fourth-order valence-corrected chi connectivity index (χ4v) is 2.84. The molecule has 2 aromatic rings. The summed E-state index contributed by atoms with van der Waals surface area (Å²) in [5.74, 6) is -0.249. The molecule has 1 aromatic carbocycles. The monoisotopic (exact) mass is 305 g/mol. The summed E-state index contributed by atoms with van der Waals surface area (Å²) < 4.78 is 1.41. The van der Waals surface area contributed by atoms with Crippen molar-refractivity contribution in [2.45, 2.75) is 30.4 Å². The maximum absolute atomic E-state index is 11.0. The smallest absolute Gasteiger partial charge is 0.321 e. The molecule has 0 fully saturated rings. The minimum absolute atomic E-state index is 0.519. The number of nitrogens with zero attached hydrogens (tertiary/aromatic N) is 2. The summed E-state index contributed by atoms with van der Waals surface area (Å²) >= 11 is 1.55. The van der Waals surface area contributed by atoms with Gasteiger partial charge in [-0.1, -0.05) is 12.1 Å². The van der Waals surface area contributed by atoms with E-state index in [0.717, 1.165) is 17.0 Å². The Morgan fingerprint density at radius 1 is 1.43 bits per heavy atom. The maximum atomic E-state index is 11.0. The van der Waals surface area contributed by atoms with E-state index >= 15 is 0 Å². The van der Waals surface area contributed by atoms with Gasteiger partial charge in [0.05, 0.1) is 6.33 Å². The summed E-state index contributed by atoms with van der Waals surface area (Å²) in [6.07, 6.45) is 5.37. The molecule has 0 aliphatic heterocycles. The summed E-state index contributed by atoms with van der Waals surface area (Å²) in [4.78, 5) is 15.0. The van der Waals surface area contributed by atoms with Gasteiger partial charge in [-0.05, 0) is 31.5 Å². The van der Waals surface area contributed by atoms with Crippen LogP contribution in [0.25, 0.3) is 5.69 Å². The molecule has 112 valence electrons. The van der Waals surface area contributed by atoms with Crippen molar-refractivity contribution in [2.75, 3.05) is 0 Å². The number of rotatable bonds is 6. The van der Waals surface area contributed by atoms with Crippen molar-refractivity contribution in [3.8, 4) is 5.69 Å². The van der Waals surface area contributed by atoms with Crippen molar-refractivity contribution in [3.63, 3.8) is 0 Å². The van der Waals surface area contributed by atoms with Crippen LogP contribution >= 0.6 is 11.8 Å². The standard InChI is InChI=1S/C15H19N3O2S/c1-15(2,13(16)14(19)20)21-9-11-3-5-12(6-4-11)18-8-7-17-10-18/h3-8,10,13H,9,16H2,1-2H3,(H,19,20)/t13-/m0/s1. The van der Waals surface area contributed by atoms with Crippen molar-refractivity contribution in [1.29, 1.82) is 0 Å². The first-order valence-electron chi connectivity index (χ1n) is 6.60. The van der Waals surface area contributed by atoms with Crippen molar-refractivity contribution >= 4 is 17.7 Å². The summed E-state index contributed by atoms with van der Waals surface area (Å²) in [5, 5.41) is 9.01. The zero-order chi connectivity index (χ0) is 15.5. The molecule has 0 saturated heterocycles. The van der Waals surface area contributed by atoms with Crippen LogP contribution < -0.4 is 5.73 Å². The number of hydrogen-bond acceptors (Lipinski definition) is 4. The molecule has 0 bridgehead atoms. The third-order valence-corrected chi connectivity index (χ3v) is 4.84. The van der Waals surface area contributed by atoms with E-state index in [1.54, 1.807) is 24.3 Å². The summed E-state index contributed by atoms with van der Waals surface area (Å²) in [6, 6.07) is 7.21. The van der Waals surface area contributed by atoms with E-state index in [4.69, 9.17) is 10.8 Å². The van der Waals surface area contributed by atoms with E-state index in [2.05, 4.69) is 4.98 Å². The van der Waals surface area contributed by atoms with Gasteiger partial charge in [0, 0.05) is 28.6 Å². The molecule has 0 radical (unpaired) electrons. The van der Waals surface area contributed by atoms with E-state index in [1.807, 2.05) is 48.9 Å². The number of aromatic nitrogens is 2. The highest BCUT2D eigenvalue weighted by Crippen LogP contribution is 2.30. The van der Waals surface area contributed by atoms with Crippen LogP contribution in [0.15, 0.2) is 43.0 Å². The Kier molecular flexibility index (Phi) is 4.69. The Morgan fingerprint density at radius 2 is 2.10 bits per heavy atom. The predicted octanol–water partition coefficient (Wildman–Crippen LogP) is 2.30. The Morgan fingerprint density at radius 3 is 2.62 bits per heavy atom. The van der Waals surface area contributed by atoms with E-state index in [0.29, 0.717) is 0 Å². The number of hydrogen-bond donors (Lipinski definition) is 2. The molecule has 0 spiro atoms. The van der Waals surface area contributed by atoms with Crippen LogP contribution in [0.3, 0.4) is 0 Å². The Labute approximate surface area is 128 Å². The number of carboxylic acids is 1. The van der Waals surface area contributed by atoms with Gasteiger partial charge < -0.3 is 15.4 Å². The van der Waals surface area contributed by atoms with E-state index in [-0.39, 0.29) is 0 Å². The number of aliphatic carboxylic acids is 1. The van der Waals surface area contributed by atoms with Gasteiger partial charge in [0.15, 0.2) is 0 Å². The van der Waals surface area contributed by atoms with Crippen molar-refractivity contribution in [3.05, 3.63) is 48.5 Å². The normalized spacial score (nSPS) is 13.1. The SMILES string of the molecule is CC(C)(SCc1ccc(-n2ccnc2)cc1)[C@@H](N)C(=O)O. The first kappa shape index (κ1) is 15.6. The Bertz CT molecular complexity index is 594. The molecule has 0 unspecified atom stereocenters. The average Bonchev–Trinajstić information content (AvgIpc) is 2.99.